The van der Waals surface area contributed by atoms with Gasteiger partial charge < -0.3 is 24.7 Å². The van der Waals surface area contributed by atoms with Crippen LogP contribution in [0.2, 0.25) is 0 Å². The first-order valence-corrected chi connectivity index (χ1v) is 11.8. The lowest BCUT2D eigenvalue weighted by Crippen LogP contribution is -2.36. The van der Waals surface area contributed by atoms with Gasteiger partial charge in [0.1, 0.15) is 6.10 Å². The fourth-order valence-electron chi connectivity index (χ4n) is 3.69. The standard InChI is InChI=1S/C19H32N7O5P/c1-6-7-22-31-32(26(11(2)3)12(4)5)30-15-8-14(29-16(15)10-27)13-9-21-25-17(13)23-18(20)24-19(25)28/h7,9,11-12,14-16,27H,6,8,10H2,1-5H3,(H3,20,23,24,28)/b22-7+. The average Bonchev–Trinajstić information content (AvgIpc) is 3.31. The van der Waals surface area contributed by atoms with Gasteiger partial charge in [0.25, 0.3) is 0 Å². The van der Waals surface area contributed by atoms with E-state index in [0.717, 1.165) is 10.9 Å². The number of rotatable bonds is 10. The predicted molar refractivity (Wildman–Crippen MR) is 121 cm³/mol. The molecule has 4 N–H and O–H groups in total. The molecule has 0 spiro atoms. The van der Waals surface area contributed by atoms with Gasteiger partial charge in [0, 0.05) is 30.3 Å². The maximum atomic E-state index is 12.1. The maximum Gasteiger partial charge on any atom is 0.350 e. The molecule has 12 nitrogen and oxygen atoms in total. The molecule has 3 rings (SSSR count). The van der Waals surface area contributed by atoms with Gasteiger partial charge in [-0.1, -0.05) is 12.1 Å². The number of aliphatic hydroxyl groups excluding tert-OH is 1. The number of nitrogens with one attached hydrogen (secondary N) is 1. The summed E-state index contributed by atoms with van der Waals surface area (Å²) < 4.78 is 21.4. The molecule has 0 bridgehead atoms. The van der Waals surface area contributed by atoms with Crippen LogP contribution in [0.1, 0.15) is 59.1 Å². The highest BCUT2D eigenvalue weighted by Gasteiger charge is 2.42. The summed E-state index contributed by atoms with van der Waals surface area (Å²) in [6.07, 6.45) is 2.85. The van der Waals surface area contributed by atoms with Gasteiger partial charge in [0.15, 0.2) is 5.65 Å². The number of oxime groups is 1. The molecule has 0 amide bonds. The molecule has 3 heterocycles. The number of hydrogen-bond acceptors (Lipinski definition) is 10. The molecule has 4 unspecified atom stereocenters. The van der Waals surface area contributed by atoms with Gasteiger partial charge in [0.05, 0.1) is 25.0 Å². The molecular weight excluding hydrogens is 437 g/mol. The van der Waals surface area contributed by atoms with E-state index in [1.807, 2.05) is 6.92 Å². The fourth-order valence-corrected chi connectivity index (χ4v) is 5.28. The summed E-state index contributed by atoms with van der Waals surface area (Å²) in [7, 11) is -1.55. The van der Waals surface area contributed by atoms with Crippen LogP contribution in [0.3, 0.4) is 0 Å². The van der Waals surface area contributed by atoms with Crippen molar-refractivity contribution in [3.8, 4) is 0 Å². The minimum absolute atomic E-state index is 0.0102. The summed E-state index contributed by atoms with van der Waals surface area (Å²) in [4.78, 5) is 18.7. The summed E-state index contributed by atoms with van der Waals surface area (Å²) in [6, 6.07) is 0.310. The van der Waals surface area contributed by atoms with E-state index in [9.17, 15) is 9.90 Å². The Balaban J connectivity index is 1.85. The Morgan fingerprint density at radius 1 is 1.47 bits per heavy atom. The van der Waals surface area contributed by atoms with Crippen molar-refractivity contribution in [2.45, 2.75) is 77.9 Å². The number of nitrogens with two attached hydrogens (primary N) is 1. The van der Waals surface area contributed by atoms with Crippen LogP contribution in [0.25, 0.3) is 5.65 Å². The summed E-state index contributed by atoms with van der Waals surface area (Å²) >= 11 is 0. The molecule has 0 aliphatic carbocycles. The van der Waals surface area contributed by atoms with Crippen LogP contribution in [-0.4, -0.2) is 66.5 Å². The largest absolute Gasteiger partial charge is 0.394 e. The molecule has 1 aliphatic rings. The van der Waals surface area contributed by atoms with Crippen LogP contribution in [0.4, 0.5) is 5.95 Å². The van der Waals surface area contributed by atoms with Crippen LogP contribution < -0.4 is 11.4 Å². The summed E-state index contributed by atoms with van der Waals surface area (Å²) in [5.74, 6) is -0.0102. The molecule has 4 atom stereocenters. The summed E-state index contributed by atoms with van der Waals surface area (Å²) in [5.41, 5.74) is 6.13. The molecule has 1 aliphatic heterocycles. The Kier molecular flexibility index (Phi) is 8.18. The molecule has 1 saturated heterocycles. The van der Waals surface area contributed by atoms with Crippen molar-refractivity contribution in [3.63, 3.8) is 0 Å². The summed E-state index contributed by atoms with van der Waals surface area (Å²) in [5, 5.41) is 18.1. The van der Waals surface area contributed by atoms with Crippen molar-refractivity contribution in [1.29, 1.82) is 0 Å². The van der Waals surface area contributed by atoms with Crippen molar-refractivity contribution < 1.29 is 19.0 Å². The minimum Gasteiger partial charge on any atom is -0.394 e. The highest BCUT2D eigenvalue weighted by atomic mass is 31.2. The van der Waals surface area contributed by atoms with Crippen molar-refractivity contribution >= 4 is 26.3 Å². The quantitative estimate of drug-likeness (QED) is 0.269. The third-order valence-corrected chi connectivity index (χ3v) is 6.98. The van der Waals surface area contributed by atoms with Crippen LogP contribution in [0, 0.1) is 0 Å². The third kappa shape index (κ3) is 5.26. The minimum atomic E-state index is -1.55. The fraction of sp³-hybridized carbons (Fsp3) is 0.684. The zero-order chi connectivity index (χ0) is 23.4. The van der Waals surface area contributed by atoms with E-state index >= 15 is 0 Å². The molecule has 2 aromatic heterocycles. The topological polar surface area (TPSA) is 153 Å². The van der Waals surface area contributed by atoms with Crippen molar-refractivity contribution in [3.05, 3.63) is 22.2 Å². The number of nitrogen functional groups attached to an aromatic ring is 1. The number of H-pyrrole nitrogens is 1. The van der Waals surface area contributed by atoms with Gasteiger partial charge in [-0.2, -0.15) is 14.6 Å². The second-order valence-electron chi connectivity index (χ2n) is 8.07. The average molecular weight is 469 g/mol. The number of hydrogen-bond donors (Lipinski definition) is 3. The van der Waals surface area contributed by atoms with Gasteiger partial charge in [-0.15, -0.1) is 0 Å². The van der Waals surface area contributed by atoms with E-state index in [4.69, 9.17) is 19.6 Å². The smallest absolute Gasteiger partial charge is 0.350 e. The first-order valence-electron chi connectivity index (χ1n) is 10.7. The van der Waals surface area contributed by atoms with Crippen LogP contribution in [0.5, 0.6) is 0 Å². The first-order chi connectivity index (χ1) is 15.3. The molecule has 0 radical (unpaired) electrons. The number of aromatic nitrogens is 4. The second-order valence-corrected chi connectivity index (χ2v) is 9.38. The second kappa shape index (κ2) is 10.7. The number of anilines is 1. The predicted octanol–water partition coefficient (Wildman–Crippen LogP) is 1.97. The van der Waals surface area contributed by atoms with E-state index in [1.54, 1.807) is 6.21 Å². The maximum absolute atomic E-state index is 12.1. The normalized spacial score (nSPS) is 22.7. The number of fused-ring (bicyclic) bond motifs is 1. The molecule has 0 aromatic carbocycles. The number of nitrogens with zero attached hydrogens (tertiary/aromatic N) is 5. The lowest BCUT2D eigenvalue weighted by molar-refractivity contribution is -0.0197. The van der Waals surface area contributed by atoms with E-state index in [2.05, 4.69) is 52.6 Å². The highest BCUT2D eigenvalue weighted by Crippen LogP contribution is 2.50. The number of aliphatic hydroxyl groups is 1. The Hall–Kier alpha value is -2.11. The van der Waals surface area contributed by atoms with E-state index in [1.165, 1.54) is 6.20 Å². The van der Waals surface area contributed by atoms with E-state index in [0.29, 0.717) is 17.6 Å². The lowest BCUT2D eigenvalue weighted by Gasteiger charge is -2.35. The molecule has 1 fully saturated rings. The first kappa shape index (κ1) is 24.5. The Morgan fingerprint density at radius 2 is 2.19 bits per heavy atom. The van der Waals surface area contributed by atoms with Crippen LogP contribution in [-0.2, 0) is 13.9 Å². The Bertz CT molecular complexity index is 971. The highest BCUT2D eigenvalue weighted by molar-refractivity contribution is 7.44. The van der Waals surface area contributed by atoms with Crippen LogP contribution in [0.15, 0.2) is 16.1 Å². The molecular formula is C19H32N7O5P. The molecule has 2 aromatic rings. The summed E-state index contributed by atoms with van der Waals surface area (Å²) in [6.45, 7) is 10.00. The van der Waals surface area contributed by atoms with E-state index in [-0.39, 0.29) is 24.6 Å². The lowest BCUT2D eigenvalue weighted by atomic mass is 10.1. The third-order valence-electron chi connectivity index (χ3n) is 5.00. The van der Waals surface area contributed by atoms with Crippen molar-refractivity contribution in [2.75, 3.05) is 12.3 Å². The zero-order valence-electron chi connectivity index (χ0n) is 19.0. The SMILES string of the molecule is CC/C=N/OP(OC1CC(c2cnn3c(=O)[nH]c(N)nc23)OC1CO)N(C(C)C)C(C)C. The number of ether oxygens (including phenoxy) is 1. The van der Waals surface area contributed by atoms with Gasteiger partial charge in [-0.05, 0) is 34.1 Å². The van der Waals surface area contributed by atoms with E-state index < -0.39 is 32.5 Å². The molecule has 13 heteroatoms. The molecule has 178 valence electrons. The van der Waals surface area contributed by atoms with Crippen LogP contribution >= 0.6 is 8.53 Å². The molecule has 32 heavy (non-hydrogen) atoms. The monoisotopic (exact) mass is 469 g/mol. The molecule has 0 saturated carbocycles. The van der Waals surface area contributed by atoms with Gasteiger partial charge >= 0.3 is 14.2 Å². The van der Waals surface area contributed by atoms with Gasteiger partial charge in [0.2, 0.25) is 5.95 Å². The van der Waals surface area contributed by atoms with Crippen molar-refractivity contribution in [1.82, 2.24) is 24.3 Å². The number of aromatic amines is 1. The zero-order valence-corrected chi connectivity index (χ0v) is 19.9. The van der Waals surface area contributed by atoms with Crippen molar-refractivity contribution in [2.24, 2.45) is 5.16 Å². The van der Waals surface area contributed by atoms with Gasteiger partial charge in [-0.25, -0.2) is 9.46 Å². The van der Waals surface area contributed by atoms with Gasteiger partial charge in [-0.3, -0.25) is 4.98 Å². The Morgan fingerprint density at radius 3 is 2.81 bits per heavy atom. The Labute approximate surface area is 187 Å².